The number of benzene rings is 3. The fraction of sp³-hybridized carbons (Fsp3) is 0.200. The van der Waals surface area contributed by atoms with E-state index in [9.17, 15) is 14.7 Å². The van der Waals surface area contributed by atoms with Gasteiger partial charge in [0, 0.05) is 15.6 Å². The van der Waals surface area contributed by atoms with Crippen LogP contribution in [-0.4, -0.2) is 37.1 Å². The Morgan fingerprint density at radius 3 is 2.50 bits per heavy atom. The average molecular weight is 496 g/mol. The maximum Gasteiger partial charge on any atom is 0.264 e. The standard InChI is InChI=1S/C25H22BrNO5/c1-31-22-11-4-5-12-23(22)32-14-13-27-20-10-3-2-9-19(20)25(30,24(27)29)16-21(28)17-7-6-8-18(26)15-17/h2-12,15,30H,13-14,16H2,1H3/t25-/m0/s1. The molecule has 164 valence electrons. The molecule has 1 aliphatic heterocycles. The van der Waals surface area contributed by atoms with Crippen LogP contribution in [0.15, 0.2) is 77.3 Å². The van der Waals surface area contributed by atoms with E-state index >= 15 is 0 Å². The Bertz CT molecular complexity index is 1160. The van der Waals surface area contributed by atoms with Crippen LogP contribution in [0.5, 0.6) is 11.5 Å². The van der Waals surface area contributed by atoms with Crippen LogP contribution < -0.4 is 14.4 Å². The fourth-order valence-corrected chi connectivity index (χ4v) is 4.28. The zero-order chi connectivity index (χ0) is 22.7. The first-order chi connectivity index (χ1) is 15.4. The summed E-state index contributed by atoms with van der Waals surface area (Å²) < 4.78 is 11.9. The highest BCUT2D eigenvalue weighted by Crippen LogP contribution is 2.42. The Balaban J connectivity index is 1.54. The van der Waals surface area contributed by atoms with Crippen molar-refractivity contribution in [3.05, 3.63) is 88.4 Å². The van der Waals surface area contributed by atoms with E-state index in [1.807, 2.05) is 18.2 Å². The molecule has 0 aromatic heterocycles. The van der Waals surface area contributed by atoms with Gasteiger partial charge in [0.25, 0.3) is 5.91 Å². The molecule has 0 radical (unpaired) electrons. The van der Waals surface area contributed by atoms with Gasteiger partial charge in [-0.1, -0.05) is 58.4 Å². The van der Waals surface area contributed by atoms with Crippen LogP contribution in [0.1, 0.15) is 22.3 Å². The quantitative estimate of drug-likeness (QED) is 0.470. The molecule has 0 unspecified atom stereocenters. The van der Waals surface area contributed by atoms with E-state index in [1.165, 1.54) is 4.90 Å². The van der Waals surface area contributed by atoms with Crippen molar-refractivity contribution in [2.24, 2.45) is 0 Å². The largest absolute Gasteiger partial charge is 0.493 e. The number of ether oxygens (including phenoxy) is 2. The first-order valence-electron chi connectivity index (χ1n) is 10.1. The van der Waals surface area contributed by atoms with Crippen LogP contribution in [0, 0.1) is 0 Å². The summed E-state index contributed by atoms with van der Waals surface area (Å²) in [5.74, 6) is 0.307. The molecule has 4 rings (SSSR count). The SMILES string of the molecule is COc1ccccc1OCCN1C(=O)[C@](O)(CC(=O)c2cccc(Br)c2)c2ccccc21. The van der Waals surface area contributed by atoms with Crippen molar-refractivity contribution in [1.29, 1.82) is 0 Å². The lowest BCUT2D eigenvalue weighted by Crippen LogP contribution is -2.43. The van der Waals surface area contributed by atoms with Crippen molar-refractivity contribution >= 4 is 33.3 Å². The first-order valence-corrected chi connectivity index (χ1v) is 10.9. The summed E-state index contributed by atoms with van der Waals surface area (Å²) in [6.45, 7) is 0.400. The van der Waals surface area contributed by atoms with E-state index in [0.717, 1.165) is 4.47 Å². The van der Waals surface area contributed by atoms with Gasteiger partial charge < -0.3 is 19.5 Å². The van der Waals surface area contributed by atoms with Gasteiger partial charge in [-0.25, -0.2) is 0 Å². The number of hydrogen-bond donors (Lipinski definition) is 1. The number of amides is 1. The second kappa shape index (κ2) is 9.14. The highest BCUT2D eigenvalue weighted by Gasteiger charge is 2.50. The molecule has 1 atom stereocenters. The summed E-state index contributed by atoms with van der Waals surface area (Å²) in [6.07, 6.45) is -0.344. The first kappa shape index (κ1) is 22.0. The summed E-state index contributed by atoms with van der Waals surface area (Å²) in [5.41, 5.74) is -0.507. The van der Waals surface area contributed by atoms with Gasteiger partial charge in [0.2, 0.25) is 0 Å². The molecule has 0 saturated heterocycles. The molecule has 1 aliphatic rings. The number of aliphatic hydroxyl groups is 1. The third-order valence-electron chi connectivity index (χ3n) is 5.44. The molecule has 0 bridgehead atoms. The molecule has 1 amide bonds. The van der Waals surface area contributed by atoms with Gasteiger partial charge in [-0.3, -0.25) is 9.59 Å². The molecule has 0 aliphatic carbocycles. The van der Waals surface area contributed by atoms with Crippen molar-refractivity contribution < 1.29 is 24.2 Å². The Hall–Kier alpha value is -3.16. The van der Waals surface area contributed by atoms with Crippen molar-refractivity contribution in [2.45, 2.75) is 12.0 Å². The van der Waals surface area contributed by atoms with Gasteiger partial charge in [-0.05, 0) is 30.3 Å². The number of fused-ring (bicyclic) bond motifs is 1. The number of rotatable bonds is 8. The number of carbonyl (C=O) groups excluding carboxylic acids is 2. The van der Waals surface area contributed by atoms with Gasteiger partial charge in [0.1, 0.15) is 6.61 Å². The van der Waals surface area contributed by atoms with Gasteiger partial charge >= 0.3 is 0 Å². The van der Waals surface area contributed by atoms with Crippen molar-refractivity contribution in [2.75, 3.05) is 25.2 Å². The lowest BCUT2D eigenvalue weighted by molar-refractivity contribution is -0.135. The number of carbonyl (C=O) groups is 2. The van der Waals surface area contributed by atoms with E-state index < -0.39 is 11.5 Å². The van der Waals surface area contributed by atoms with Gasteiger partial charge in [0.15, 0.2) is 22.9 Å². The van der Waals surface area contributed by atoms with Crippen molar-refractivity contribution in [3.8, 4) is 11.5 Å². The number of ketones is 1. The maximum atomic E-state index is 13.3. The van der Waals surface area contributed by atoms with Crippen LogP contribution in [-0.2, 0) is 10.4 Å². The lowest BCUT2D eigenvalue weighted by Gasteiger charge is -2.23. The number of halogens is 1. The average Bonchev–Trinajstić information content (AvgIpc) is 3.01. The molecule has 3 aromatic rings. The van der Waals surface area contributed by atoms with Gasteiger partial charge in [-0.2, -0.15) is 0 Å². The summed E-state index contributed by atoms with van der Waals surface area (Å²) in [5, 5.41) is 11.4. The molecule has 32 heavy (non-hydrogen) atoms. The summed E-state index contributed by atoms with van der Waals surface area (Å²) >= 11 is 3.35. The molecule has 0 spiro atoms. The Labute approximate surface area is 194 Å². The van der Waals surface area contributed by atoms with E-state index in [4.69, 9.17) is 9.47 Å². The molecule has 0 fully saturated rings. The molecule has 0 saturated carbocycles. The van der Waals surface area contributed by atoms with Crippen LogP contribution in [0.3, 0.4) is 0 Å². The van der Waals surface area contributed by atoms with E-state index in [0.29, 0.717) is 28.3 Å². The second-order valence-corrected chi connectivity index (χ2v) is 8.36. The van der Waals surface area contributed by atoms with Crippen LogP contribution >= 0.6 is 15.9 Å². The minimum Gasteiger partial charge on any atom is -0.493 e. The maximum absolute atomic E-state index is 13.3. The number of para-hydroxylation sites is 3. The summed E-state index contributed by atoms with van der Waals surface area (Å²) in [4.78, 5) is 27.7. The number of methoxy groups -OCH3 is 1. The minimum absolute atomic E-state index is 0.191. The third kappa shape index (κ3) is 4.13. The zero-order valence-electron chi connectivity index (χ0n) is 17.5. The fourth-order valence-electron chi connectivity index (χ4n) is 3.88. The molecule has 6 nitrogen and oxygen atoms in total. The van der Waals surface area contributed by atoms with Gasteiger partial charge in [0.05, 0.1) is 25.8 Å². The summed E-state index contributed by atoms with van der Waals surface area (Å²) in [7, 11) is 1.56. The highest BCUT2D eigenvalue weighted by atomic mass is 79.9. The number of anilines is 1. The smallest absolute Gasteiger partial charge is 0.264 e. The van der Waals surface area contributed by atoms with Crippen molar-refractivity contribution in [1.82, 2.24) is 0 Å². The van der Waals surface area contributed by atoms with E-state index in [1.54, 1.807) is 61.7 Å². The molecular formula is C25H22BrNO5. The summed E-state index contributed by atoms with van der Waals surface area (Å²) in [6, 6.07) is 21.1. The Morgan fingerprint density at radius 2 is 1.75 bits per heavy atom. The Morgan fingerprint density at radius 1 is 1.03 bits per heavy atom. The van der Waals surface area contributed by atoms with Crippen LogP contribution in [0.2, 0.25) is 0 Å². The van der Waals surface area contributed by atoms with E-state index in [-0.39, 0.29) is 25.4 Å². The monoisotopic (exact) mass is 495 g/mol. The normalized spacial score (nSPS) is 17.2. The predicted octanol–water partition coefficient (Wildman–Crippen LogP) is 4.34. The van der Waals surface area contributed by atoms with Crippen LogP contribution in [0.25, 0.3) is 0 Å². The van der Waals surface area contributed by atoms with E-state index in [2.05, 4.69) is 15.9 Å². The molecule has 3 aromatic carbocycles. The Kier molecular flexibility index (Phi) is 6.30. The number of nitrogens with zero attached hydrogens (tertiary/aromatic N) is 1. The predicted molar refractivity (Wildman–Crippen MR) is 124 cm³/mol. The highest BCUT2D eigenvalue weighted by molar-refractivity contribution is 9.10. The molecule has 1 heterocycles. The molecule has 1 N–H and O–H groups in total. The third-order valence-corrected chi connectivity index (χ3v) is 5.94. The zero-order valence-corrected chi connectivity index (χ0v) is 19.0. The lowest BCUT2D eigenvalue weighted by atomic mass is 9.88. The van der Waals surface area contributed by atoms with Crippen molar-refractivity contribution in [3.63, 3.8) is 0 Å². The van der Waals surface area contributed by atoms with Gasteiger partial charge in [-0.15, -0.1) is 0 Å². The minimum atomic E-state index is -1.93. The molecule has 7 heteroatoms. The van der Waals surface area contributed by atoms with Crippen LogP contribution in [0.4, 0.5) is 5.69 Å². The number of Topliss-reactive ketones (excluding diaryl/α,β-unsaturated/α-hetero) is 1. The second-order valence-electron chi connectivity index (χ2n) is 7.44. The topological polar surface area (TPSA) is 76.1 Å². The molecular weight excluding hydrogens is 474 g/mol. The number of hydrogen-bond acceptors (Lipinski definition) is 5.